The summed E-state index contributed by atoms with van der Waals surface area (Å²) < 4.78 is 23.9. The number of hydrogen-bond donors (Lipinski definition) is 1. The number of nitrogens with two attached hydrogens (primary N) is 1. The minimum atomic E-state index is -0.665. The Hall–Kier alpha value is -2.07. The summed E-state index contributed by atoms with van der Waals surface area (Å²) in [7, 11) is 3.07. The number of hydrogen-bond acceptors (Lipinski definition) is 3. The van der Waals surface area contributed by atoms with Gasteiger partial charge in [0.25, 0.3) is 0 Å². The van der Waals surface area contributed by atoms with E-state index >= 15 is 0 Å². The Morgan fingerprint density at radius 3 is 2.24 bits per heavy atom. The zero-order valence-electron chi connectivity index (χ0n) is 12.5. The SMILES string of the molecule is COc1ccc(CC(C)(N)c2ccc(OC)c(F)c2)cc1. The van der Waals surface area contributed by atoms with Crippen LogP contribution < -0.4 is 15.2 Å². The zero-order chi connectivity index (χ0) is 15.5. The average Bonchev–Trinajstić information content (AvgIpc) is 2.47. The van der Waals surface area contributed by atoms with Crippen molar-refractivity contribution in [1.29, 1.82) is 0 Å². The van der Waals surface area contributed by atoms with E-state index in [1.54, 1.807) is 19.2 Å². The monoisotopic (exact) mass is 289 g/mol. The Morgan fingerprint density at radius 1 is 1.05 bits per heavy atom. The quantitative estimate of drug-likeness (QED) is 0.919. The molecule has 0 amide bonds. The largest absolute Gasteiger partial charge is 0.497 e. The Kier molecular flexibility index (Phi) is 4.48. The lowest BCUT2D eigenvalue weighted by molar-refractivity contribution is 0.384. The lowest BCUT2D eigenvalue weighted by Crippen LogP contribution is -2.35. The van der Waals surface area contributed by atoms with Gasteiger partial charge >= 0.3 is 0 Å². The van der Waals surface area contributed by atoms with Crippen LogP contribution in [0.2, 0.25) is 0 Å². The molecule has 1 unspecified atom stereocenters. The highest BCUT2D eigenvalue weighted by atomic mass is 19.1. The molecule has 0 aliphatic rings. The molecule has 0 radical (unpaired) electrons. The van der Waals surface area contributed by atoms with Gasteiger partial charge in [-0.15, -0.1) is 0 Å². The van der Waals surface area contributed by atoms with Crippen molar-refractivity contribution in [2.45, 2.75) is 18.9 Å². The van der Waals surface area contributed by atoms with Gasteiger partial charge in [0.05, 0.1) is 14.2 Å². The van der Waals surface area contributed by atoms with E-state index in [0.29, 0.717) is 6.42 Å². The van der Waals surface area contributed by atoms with E-state index in [-0.39, 0.29) is 5.75 Å². The lowest BCUT2D eigenvalue weighted by Gasteiger charge is -2.26. The van der Waals surface area contributed by atoms with Gasteiger partial charge in [-0.25, -0.2) is 4.39 Å². The molecule has 0 saturated carbocycles. The summed E-state index contributed by atoms with van der Waals surface area (Å²) in [5.41, 5.74) is 7.50. The van der Waals surface area contributed by atoms with Crippen LogP contribution in [0.3, 0.4) is 0 Å². The molecule has 0 bridgehead atoms. The second-order valence-corrected chi connectivity index (χ2v) is 5.29. The Bertz CT molecular complexity index is 609. The topological polar surface area (TPSA) is 44.5 Å². The molecule has 0 aromatic heterocycles. The predicted molar refractivity (Wildman–Crippen MR) is 81.2 cm³/mol. The third-order valence-electron chi connectivity index (χ3n) is 3.54. The highest BCUT2D eigenvalue weighted by molar-refractivity contribution is 5.35. The number of rotatable bonds is 5. The maximum Gasteiger partial charge on any atom is 0.165 e. The van der Waals surface area contributed by atoms with Crippen molar-refractivity contribution in [1.82, 2.24) is 0 Å². The molecule has 112 valence electrons. The van der Waals surface area contributed by atoms with Crippen molar-refractivity contribution >= 4 is 0 Å². The molecule has 0 saturated heterocycles. The van der Waals surface area contributed by atoms with Crippen molar-refractivity contribution in [3.05, 3.63) is 59.4 Å². The summed E-state index contributed by atoms with van der Waals surface area (Å²) in [6, 6.07) is 12.5. The summed E-state index contributed by atoms with van der Waals surface area (Å²) >= 11 is 0. The molecule has 21 heavy (non-hydrogen) atoms. The van der Waals surface area contributed by atoms with Crippen LogP contribution in [0, 0.1) is 5.82 Å². The maximum absolute atomic E-state index is 13.8. The van der Waals surface area contributed by atoms with Crippen LogP contribution in [-0.2, 0) is 12.0 Å². The van der Waals surface area contributed by atoms with E-state index in [1.165, 1.54) is 13.2 Å². The molecule has 0 aliphatic heterocycles. The van der Waals surface area contributed by atoms with E-state index in [2.05, 4.69) is 0 Å². The molecule has 3 nitrogen and oxygen atoms in total. The molecule has 0 aliphatic carbocycles. The third-order valence-corrected chi connectivity index (χ3v) is 3.54. The van der Waals surface area contributed by atoms with E-state index in [0.717, 1.165) is 16.9 Å². The summed E-state index contributed by atoms with van der Waals surface area (Å²) in [6.07, 6.45) is 0.600. The molecule has 0 fully saturated rings. The lowest BCUT2D eigenvalue weighted by atomic mass is 9.86. The van der Waals surface area contributed by atoms with Crippen molar-refractivity contribution in [3.8, 4) is 11.5 Å². The molecule has 2 rings (SSSR count). The first-order valence-electron chi connectivity index (χ1n) is 6.72. The van der Waals surface area contributed by atoms with Gasteiger partial charge in [0.1, 0.15) is 5.75 Å². The highest BCUT2D eigenvalue weighted by Crippen LogP contribution is 2.27. The molecule has 0 heterocycles. The Balaban J connectivity index is 2.22. The zero-order valence-corrected chi connectivity index (χ0v) is 12.5. The third kappa shape index (κ3) is 3.52. The van der Waals surface area contributed by atoms with E-state index in [9.17, 15) is 4.39 Å². The predicted octanol–water partition coefficient (Wildman–Crippen LogP) is 3.26. The summed E-state index contributed by atoms with van der Waals surface area (Å²) in [6.45, 7) is 1.89. The van der Waals surface area contributed by atoms with Gasteiger partial charge in [0.2, 0.25) is 0 Å². The van der Waals surface area contributed by atoms with Crippen molar-refractivity contribution in [2.75, 3.05) is 14.2 Å². The normalized spacial score (nSPS) is 13.6. The van der Waals surface area contributed by atoms with Gasteiger partial charge in [-0.05, 0) is 48.7 Å². The van der Waals surface area contributed by atoms with Gasteiger partial charge in [-0.3, -0.25) is 0 Å². The molecular weight excluding hydrogens is 269 g/mol. The maximum atomic E-state index is 13.8. The fourth-order valence-electron chi connectivity index (χ4n) is 2.29. The Labute approximate surface area is 124 Å². The number of methoxy groups -OCH3 is 2. The highest BCUT2D eigenvalue weighted by Gasteiger charge is 2.23. The van der Waals surface area contributed by atoms with Gasteiger partial charge in [0, 0.05) is 5.54 Å². The Morgan fingerprint density at radius 2 is 1.71 bits per heavy atom. The van der Waals surface area contributed by atoms with E-state index in [4.69, 9.17) is 15.2 Å². The standard InChI is InChI=1S/C17H20FNO2/c1-17(19,11-12-4-7-14(20-2)8-5-12)13-6-9-16(21-3)15(18)10-13/h4-10H,11,19H2,1-3H3. The van der Waals surface area contributed by atoms with Crippen molar-refractivity contribution in [3.63, 3.8) is 0 Å². The van der Waals surface area contributed by atoms with Crippen LogP contribution in [0.1, 0.15) is 18.1 Å². The number of benzene rings is 2. The van der Waals surface area contributed by atoms with Crippen molar-refractivity contribution in [2.24, 2.45) is 5.73 Å². The van der Waals surface area contributed by atoms with Crippen molar-refractivity contribution < 1.29 is 13.9 Å². The second-order valence-electron chi connectivity index (χ2n) is 5.29. The van der Waals surface area contributed by atoms with Crippen LogP contribution in [0.15, 0.2) is 42.5 Å². The summed E-state index contributed by atoms with van der Waals surface area (Å²) in [5.74, 6) is 0.619. The number of ether oxygens (including phenoxy) is 2. The van der Waals surface area contributed by atoms with Crippen LogP contribution in [-0.4, -0.2) is 14.2 Å². The molecule has 2 aromatic carbocycles. The van der Waals surface area contributed by atoms with Crippen LogP contribution >= 0.6 is 0 Å². The first kappa shape index (κ1) is 15.3. The molecule has 1 atom stereocenters. The first-order chi connectivity index (χ1) is 9.96. The molecular formula is C17H20FNO2. The smallest absolute Gasteiger partial charge is 0.165 e. The van der Waals surface area contributed by atoms with Gasteiger partial charge in [-0.2, -0.15) is 0 Å². The molecule has 4 heteroatoms. The molecule has 2 N–H and O–H groups in total. The number of halogens is 1. The van der Waals surface area contributed by atoms with Gasteiger partial charge < -0.3 is 15.2 Å². The minimum Gasteiger partial charge on any atom is -0.497 e. The molecule has 2 aromatic rings. The summed E-state index contributed by atoms with van der Waals surface area (Å²) in [5, 5.41) is 0. The second kappa shape index (κ2) is 6.14. The van der Waals surface area contributed by atoms with E-state index in [1.807, 2.05) is 31.2 Å². The van der Waals surface area contributed by atoms with E-state index < -0.39 is 11.4 Å². The fraction of sp³-hybridized carbons (Fsp3) is 0.294. The minimum absolute atomic E-state index is 0.221. The average molecular weight is 289 g/mol. The van der Waals surface area contributed by atoms with Gasteiger partial charge in [-0.1, -0.05) is 18.2 Å². The first-order valence-corrected chi connectivity index (χ1v) is 6.72. The van der Waals surface area contributed by atoms with Crippen LogP contribution in [0.4, 0.5) is 4.39 Å². The van der Waals surface area contributed by atoms with Crippen LogP contribution in [0.5, 0.6) is 11.5 Å². The fourth-order valence-corrected chi connectivity index (χ4v) is 2.29. The summed E-state index contributed by atoms with van der Waals surface area (Å²) in [4.78, 5) is 0. The van der Waals surface area contributed by atoms with Crippen LogP contribution in [0.25, 0.3) is 0 Å². The molecule has 0 spiro atoms. The van der Waals surface area contributed by atoms with Gasteiger partial charge in [0.15, 0.2) is 11.6 Å².